The number of hydrogen-bond acceptors (Lipinski definition) is 4. The van der Waals surface area contributed by atoms with E-state index in [0.717, 1.165) is 6.20 Å². The quantitative estimate of drug-likeness (QED) is 0.899. The van der Waals surface area contributed by atoms with Crippen LogP contribution >= 0.6 is 11.3 Å². The molecule has 0 aliphatic carbocycles. The molecule has 1 fully saturated rings. The second-order valence-electron chi connectivity index (χ2n) is 4.17. The zero-order valence-electron chi connectivity index (χ0n) is 9.41. The van der Waals surface area contributed by atoms with E-state index in [2.05, 4.69) is 4.98 Å². The van der Waals surface area contributed by atoms with E-state index in [1.165, 1.54) is 0 Å². The molecule has 100 valence electrons. The molecule has 18 heavy (non-hydrogen) atoms. The third kappa shape index (κ3) is 2.74. The Morgan fingerprint density at radius 3 is 2.50 bits per heavy atom. The number of carbonyl (C=O) groups excluding carboxylic acids is 1. The fourth-order valence-corrected chi connectivity index (χ4v) is 2.73. The van der Waals surface area contributed by atoms with Gasteiger partial charge in [0, 0.05) is 19.0 Å². The Labute approximate surface area is 106 Å². The van der Waals surface area contributed by atoms with Crippen LogP contribution in [0.15, 0.2) is 6.20 Å². The van der Waals surface area contributed by atoms with Crippen LogP contribution in [0.4, 0.5) is 18.3 Å². The number of amides is 1. The molecule has 1 aliphatic heterocycles. The maximum atomic E-state index is 12.4. The molecule has 2 heterocycles. The van der Waals surface area contributed by atoms with Crippen molar-refractivity contribution >= 4 is 22.4 Å². The van der Waals surface area contributed by atoms with Gasteiger partial charge in [-0.15, -0.1) is 0 Å². The number of anilines is 1. The average molecular weight is 279 g/mol. The molecule has 1 aromatic heterocycles. The second-order valence-corrected chi connectivity index (χ2v) is 5.18. The number of piperidine rings is 1. The van der Waals surface area contributed by atoms with Gasteiger partial charge in [-0.25, -0.2) is 4.98 Å². The first-order valence-corrected chi connectivity index (χ1v) is 6.27. The van der Waals surface area contributed by atoms with Crippen LogP contribution in [-0.2, 0) is 11.0 Å². The number of carbonyl (C=O) groups is 1. The van der Waals surface area contributed by atoms with Crippen molar-refractivity contribution in [2.45, 2.75) is 19.0 Å². The third-order valence-corrected chi connectivity index (χ3v) is 4.04. The minimum atomic E-state index is -4.35. The van der Waals surface area contributed by atoms with E-state index in [1.807, 2.05) is 0 Å². The number of nitrogens with two attached hydrogens (primary N) is 1. The summed E-state index contributed by atoms with van der Waals surface area (Å²) in [5, 5.41) is 0.352. The van der Waals surface area contributed by atoms with Crippen LogP contribution in [-0.4, -0.2) is 24.0 Å². The summed E-state index contributed by atoms with van der Waals surface area (Å²) in [5.41, 5.74) is 5.19. The monoisotopic (exact) mass is 279 g/mol. The number of halogens is 3. The highest BCUT2D eigenvalue weighted by atomic mass is 32.1. The van der Waals surface area contributed by atoms with Gasteiger partial charge in [0.15, 0.2) is 5.13 Å². The van der Waals surface area contributed by atoms with Gasteiger partial charge in [0.25, 0.3) is 0 Å². The fraction of sp³-hybridized carbons (Fsp3) is 0.600. The van der Waals surface area contributed by atoms with Crippen LogP contribution < -0.4 is 10.6 Å². The van der Waals surface area contributed by atoms with Crippen molar-refractivity contribution in [2.24, 2.45) is 11.7 Å². The van der Waals surface area contributed by atoms with Crippen LogP contribution in [0.1, 0.15) is 17.7 Å². The van der Waals surface area contributed by atoms with Crippen molar-refractivity contribution < 1.29 is 18.0 Å². The van der Waals surface area contributed by atoms with Crippen LogP contribution in [0.3, 0.4) is 0 Å². The van der Waals surface area contributed by atoms with Crippen LogP contribution in [0, 0.1) is 5.92 Å². The van der Waals surface area contributed by atoms with E-state index in [4.69, 9.17) is 5.73 Å². The van der Waals surface area contributed by atoms with Gasteiger partial charge in [-0.3, -0.25) is 4.79 Å². The lowest BCUT2D eigenvalue weighted by molar-refractivity contribution is -0.134. The summed E-state index contributed by atoms with van der Waals surface area (Å²) in [6.07, 6.45) is -2.37. The Kier molecular flexibility index (Phi) is 3.47. The number of hydrogen-bond donors (Lipinski definition) is 1. The van der Waals surface area contributed by atoms with E-state index in [1.54, 1.807) is 4.90 Å². The Hall–Kier alpha value is -1.31. The Bertz CT molecular complexity index is 438. The van der Waals surface area contributed by atoms with Crippen molar-refractivity contribution in [3.63, 3.8) is 0 Å². The second kappa shape index (κ2) is 4.75. The van der Waals surface area contributed by atoms with Crippen molar-refractivity contribution in [1.82, 2.24) is 4.98 Å². The molecular weight excluding hydrogens is 267 g/mol. The van der Waals surface area contributed by atoms with Crippen molar-refractivity contribution in [1.29, 1.82) is 0 Å². The van der Waals surface area contributed by atoms with Crippen molar-refractivity contribution in [3.05, 3.63) is 11.1 Å². The molecule has 1 saturated heterocycles. The molecule has 0 aromatic carbocycles. The molecule has 2 rings (SSSR count). The Morgan fingerprint density at radius 1 is 1.44 bits per heavy atom. The Balaban J connectivity index is 2.02. The molecule has 0 saturated carbocycles. The van der Waals surface area contributed by atoms with Gasteiger partial charge in [-0.2, -0.15) is 13.2 Å². The highest BCUT2D eigenvalue weighted by Crippen LogP contribution is 2.37. The minimum absolute atomic E-state index is 0.178. The molecular formula is C10H12F3N3OS. The summed E-state index contributed by atoms with van der Waals surface area (Å²) in [6.45, 7) is 1.02. The number of primary amides is 1. The minimum Gasteiger partial charge on any atom is -0.369 e. The van der Waals surface area contributed by atoms with E-state index in [9.17, 15) is 18.0 Å². The largest absolute Gasteiger partial charge is 0.427 e. The highest BCUT2D eigenvalue weighted by molar-refractivity contribution is 7.15. The lowest BCUT2D eigenvalue weighted by Gasteiger charge is -2.30. The van der Waals surface area contributed by atoms with Crippen molar-refractivity contribution in [3.8, 4) is 0 Å². The molecule has 0 radical (unpaired) electrons. The topological polar surface area (TPSA) is 59.2 Å². The zero-order chi connectivity index (χ0) is 13.3. The number of aromatic nitrogens is 1. The standard InChI is InChI=1S/C10H12F3N3OS/c11-10(12,13)7-5-15-9(18-7)16-3-1-6(2-4-16)8(14)17/h5-6H,1-4H2,(H2,14,17). The summed E-state index contributed by atoms with van der Waals surface area (Å²) in [6, 6.07) is 0. The summed E-state index contributed by atoms with van der Waals surface area (Å²) in [7, 11) is 0. The van der Waals surface area contributed by atoms with E-state index in [0.29, 0.717) is 42.4 Å². The van der Waals surface area contributed by atoms with Gasteiger partial charge in [-0.1, -0.05) is 11.3 Å². The van der Waals surface area contributed by atoms with Crippen LogP contribution in [0.5, 0.6) is 0 Å². The molecule has 1 amide bonds. The van der Waals surface area contributed by atoms with E-state index >= 15 is 0 Å². The molecule has 1 aromatic rings. The summed E-state index contributed by atoms with van der Waals surface area (Å²) in [4.78, 5) is 15.8. The normalized spacial score (nSPS) is 18.1. The molecule has 4 nitrogen and oxygen atoms in total. The summed E-state index contributed by atoms with van der Waals surface area (Å²) >= 11 is 0.630. The summed E-state index contributed by atoms with van der Waals surface area (Å²) < 4.78 is 37.3. The molecule has 0 spiro atoms. The molecule has 0 unspecified atom stereocenters. The van der Waals surface area contributed by atoms with E-state index < -0.39 is 11.1 Å². The van der Waals surface area contributed by atoms with Gasteiger partial charge < -0.3 is 10.6 Å². The maximum absolute atomic E-state index is 12.4. The first-order chi connectivity index (χ1) is 8.38. The molecule has 1 aliphatic rings. The molecule has 0 bridgehead atoms. The number of nitrogens with zero attached hydrogens (tertiary/aromatic N) is 2. The predicted molar refractivity (Wildman–Crippen MR) is 61.2 cm³/mol. The zero-order valence-corrected chi connectivity index (χ0v) is 10.2. The summed E-state index contributed by atoms with van der Waals surface area (Å²) in [5.74, 6) is -0.520. The smallest absolute Gasteiger partial charge is 0.369 e. The van der Waals surface area contributed by atoms with Gasteiger partial charge in [0.2, 0.25) is 5.91 Å². The lowest BCUT2D eigenvalue weighted by Crippen LogP contribution is -2.38. The first kappa shape index (κ1) is 13.1. The van der Waals surface area contributed by atoms with Crippen LogP contribution in [0.2, 0.25) is 0 Å². The molecule has 2 N–H and O–H groups in total. The fourth-order valence-electron chi connectivity index (χ4n) is 1.90. The first-order valence-electron chi connectivity index (χ1n) is 5.45. The highest BCUT2D eigenvalue weighted by Gasteiger charge is 2.34. The molecule has 0 atom stereocenters. The van der Waals surface area contributed by atoms with Gasteiger partial charge in [-0.05, 0) is 12.8 Å². The number of rotatable bonds is 2. The predicted octanol–water partition coefficient (Wildman–Crippen LogP) is 1.86. The van der Waals surface area contributed by atoms with E-state index in [-0.39, 0.29) is 11.8 Å². The Morgan fingerprint density at radius 2 is 2.06 bits per heavy atom. The van der Waals surface area contributed by atoms with Crippen LogP contribution in [0.25, 0.3) is 0 Å². The average Bonchev–Trinajstić information content (AvgIpc) is 2.78. The van der Waals surface area contributed by atoms with Crippen molar-refractivity contribution in [2.75, 3.05) is 18.0 Å². The third-order valence-electron chi connectivity index (χ3n) is 2.94. The van der Waals surface area contributed by atoms with Gasteiger partial charge >= 0.3 is 6.18 Å². The maximum Gasteiger partial charge on any atom is 0.427 e. The molecule has 8 heteroatoms. The lowest BCUT2D eigenvalue weighted by atomic mass is 9.97. The number of alkyl halides is 3. The number of thiazole rings is 1. The van der Waals surface area contributed by atoms with Gasteiger partial charge in [0.05, 0.1) is 6.20 Å². The van der Waals surface area contributed by atoms with Gasteiger partial charge in [0.1, 0.15) is 4.88 Å². The SMILES string of the molecule is NC(=O)C1CCN(c2ncc(C(F)(F)F)s2)CC1.